The van der Waals surface area contributed by atoms with Gasteiger partial charge >= 0.3 is 0 Å². The Morgan fingerprint density at radius 2 is 2.00 bits per heavy atom. The molecular weight excluding hydrogens is 270 g/mol. The highest BCUT2D eigenvalue weighted by molar-refractivity contribution is 5.84. The molecule has 0 aromatic heterocycles. The van der Waals surface area contributed by atoms with E-state index in [2.05, 4.69) is 5.32 Å². The van der Waals surface area contributed by atoms with Crippen molar-refractivity contribution in [3.8, 4) is 0 Å². The van der Waals surface area contributed by atoms with Gasteiger partial charge in [-0.15, -0.1) is 0 Å². The molecule has 1 aromatic rings. The summed E-state index contributed by atoms with van der Waals surface area (Å²) >= 11 is 0. The van der Waals surface area contributed by atoms with Crippen LogP contribution >= 0.6 is 0 Å². The van der Waals surface area contributed by atoms with Gasteiger partial charge in [-0.25, -0.2) is 0 Å². The van der Waals surface area contributed by atoms with Crippen LogP contribution in [-0.2, 0) is 14.3 Å². The third-order valence-electron chi connectivity index (χ3n) is 3.06. The third kappa shape index (κ3) is 6.37. The van der Waals surface area contributed by atoms with E-state index in [4.69, 9.17) is 10.5 Å². The highest BCUT2D eigenvalue weighted by atomic mass is 16.5. The normalized spacial score (nSPS) is 11.8. The molecule has 0 saturated heterocycles. The second-order valence-corrected chi connectivity index (χ2v) is 4.81. The van der Waals surface area contributed by atoms with Crippen LogP contribution in [0.1, 0.15) is 18.0 Å². The van der Waals surface area contributed by atoms with E-state index in [1.54, 1.807) is 14.2 Å². The predicted molar refractivity (Wildman–Crippen MR) is 80.5 cm³/mol. The molecule has 1 rings (SSSR count). The van der Waals surface area contributed by atoms with Crippen LogP contribution in [0.3, 0.4) is 0 Å². The van der Waals surface area contributed by atoms with Gasteiger partial charge in [-0.2, -0.15) is 0 Å². The number of carbonyl (C=O) groups excluding carboxylic acids is 2. The van der Waals surface area contributed by atoms with Crippen LogP contribution in [0, 0.1) is 0 Å². The standard InChI is InChI=1S/C15H23N3O3/c1-18(11-14(19)17-8-9-21-2)15(20)10-13(16)12-6-4-3-5-7-12/h3-7,13H,8-11,16H2,1-2H3,(H,17,19). The molecule has 0 aliphatic heterocycles. The summed E-state index contributed by atoms with van der Waals surface area (Å²) < 4.78 is 4.83. The van der Waals surface area contributed by atoms with Crippen molar-refractivity contribution in [1.29, 1.82) is 0 Å². The van der Waals surface area contributed by atoms with Gasteiger partial charge in [-0.1, -0.05) is 30.3 Å². The molecule has 3 N–H and O–H groups in total. The largest absolute Gasteiger partial charge is 0.383 e. The highest BCUT2D eigenvalue weighted by Crippen LogP contribution is 2.14. The Kier molecular flexibility index (Phi) is 7.42. The molecule has 1 aromatic carbocycles. The van der Waals surface area contributed by atoms with Crippen molar-refractivity contribution in [2.24, 2.45) is 5.73 Å². The summed E-state index contributed by atoms with van der Waals surface area (Å²) in [6.07, 6.45) is 0.172. The fourth-order valence-electron chi connectivity index (χ4n) is 1.81. The molecule has 2 amide bonds. The summed E-state index contributed by atoms with van der Waals surface area (Å²) in [5.41, 5.74) is 6.90. The number of hydrogen-bond acceptors (Lipinski definition) is 4. The molecule has 6 heteroatoms. The summed E-state index contributed by atoms with van der Waals surface area (Å²) in [5.74, 6) is -0.371. The lowest BCUT2D eigenvalue weighted by molar-refractivity contribution is -0.135. The molecule has 0 aliphatic carbocycles. The molecule has 0 spiro atoms. The van der Waals surface area contributed by atoms with E-state index in [9.17, 15) is 9.59 Å². The van der Waals surface area contributed by atoms with Crippen molar-refractivity contribution < 1.29 is 14.3 Å². The maximum absolute atomic E-state index is 12.0. The first-order valence-electron chi connectivity index (χ1n) is 6.84. The zero-order chi connectivity index (χ0) is 15.7. The summed E-state index contributed by atoms with van der Waals surface area (Å²) in [5, 5.41) is 2.67. The molecule has 21 heavy (non-hydrogen) atoms. The van der Waals surface area contributed by atoms with Gasteiger partial charge in [0.15, 0.2) is 0 Å². The smallest absolute Gasteiger partial charge is 0.239 e. The summed E-state index contributed by atoms with van der Waals surface area (Å²) in [4.78, 5) is 25.0. The van der Waals surface area contributed by atoms with Crippen LogP contribution in [0.25, 0.3) is 0 Å². The first-order chi connectivity index (χ1) is 10.0. The lowest BCUT2D eigenvalue weighted by Gasteiger charge is -2.19. The van der Waals surface area contributed by atoms with Crippen molar-refractivity contribution in [3.05, 3.63) is 35.9 Å². The number of amides is 2. The molecule has 0 bridgehead atoms. The maximum atomic E-state index is 12.0. The summed E-state index contributed by atoms with van der Waals surface area (Å²) in [6, 6.07) is 9.07. The maximum Gasteiger partial charge on any atom is 0.239 e. The van der Waals surface area contributed by atoms with E-state index in [1.807, 2.05) is 30.3 Å². The minimum absolute atomic E-state index is 0.0179. The van der Waals surface area contributed by atoms with Gasteiger partial charge in [0, 0.05) is 33.2 Å². The second-order valence-electron chi connectivity index (χ2n) is 4.81. The number of likely N-dealkylation sites (N-methyl/N-ethyl adjacent to an activating group) is 1. The van der Waals surface area contributed by atoms with Gasteiger partial charge < -0.3 is 20.7 Å². The average Bonchev–Trinajstić information content (AvgIpc) is 2.48. The Bertz CT molecular complexity index is 451. The van der Waals surface area contributed by atoms with Crippen molar-refractivity contribution in [1.82, 2.24) is 10.2 Å². The molecule has 0 fully saturated rings. The molecular formula is C15H23N3O3. The lowest BCUT2D eigenvalue weighted by Crippen LogP contribution is -2.40. The number of ether oxygens (including phenoxy) is 1. The van der Waals surface area contributed by atoms with Crippen LogP contribution in [0.15, 0.2) is 30.3 Å². The number of rotatable bonds is 8. The molecule has 6 nitrogen and oxygen atoms in total. The van der Waals surface area contributed by atoms with Gasteiger partial charge in [0.2, 0.25) is 11.8 Å². The van der Waals surface area contributed by atoms with E-state index in [0.29, 0.717) is 13.2 Å². The first-order valence-corrected chi connectivity index (χ1v) is 6.84. The number of carbonyl (C=O) groups is 2. The van der Waals surface area contributed by atoms with E-state index in [0.717, 1.165) is 5.56 Å². The van der Waals surface area contributed by atoms with E-state index >= 15 is 0 Å². The van der Waals surface area contributed by atoms with Gasteiger partial charge in [-0.05, 0) is 5.56 Å². The summed E-state index contributed by atoms with van der Waals surface area (Å²) in [7, 11) is 3.16. The lowest BCUT2D eigenvalue weighted by atomic mass is 10.0. The number of nitrogens with one attached hydrogen (secondary N) is 1. The molecule has 0 aliphatic rings. The van der Waals surface area contributed by atoms with Crippen LogP contribution in [0.5, 0.6) is 0 Å². The van der Waals surface area contributed by atoms with Crippen LogP contribution < -0.4 is 11.1 Å². The van der Waals surface area contributed by atoms with Gasteiger partial charge in [0.25, 0.3) is 0 Å². The predicted octanol–water partition coefficient (Wildman–Crippen LogP) is 0.298. The fraction of sp³-hybridized carbons (Fsp3) is 0.467. The van der Waals surface area contributed by atoms with E-state index in [-0.39, 0.29) is 30.8 Å². The molecule has 0 heterocycles. The third-order valence-corrected chi connectivity index (χ3v) is 3.06. The van der Waals surface area contributed by atoms with Crippen LogP contribution in [0.2, 0.25) is 0 Å². The number of hydrogen-bond donors (Lipinski definition) is 2. The Labute approximate surface area is 125 Å². The van der Waals surface area contributed by atoms with Gasteiger partial charge in [0.05, 0.1) is 13.2 Å². The molecule has 0 radical (unpaired) electrons. The van der Waals surface area contributed by atoms with Gasteiger partial charge in [0.1, 0.15) is 0 Å². The Morgan fingerprint density at radius 1 is 1.33 bits per heavy atom. The minimum atomic E-state index is -0.363. The van der Waals surface area contributed by atoms with E-state index in [1.165, 1.54) is 4.90 Å². The molecule has 1 atom stereocenters. The SMILES string of the molecule is COCCNC(=O)CN(C)C(=O)CC(N)c1ccccc1. The molecule has 1 unspecified atom stereocenters. The minimum Gasteiger partial charge on any atom is -0.383 e. The number of nitrogens with two attached hydrogens (primary N) is 1. The Balaban J connectivity index is 2.38. The zero-order valence-corrected chi connectivity index (χ0v) is 12.5. The quantitative estimate of drug-likeness (QED) is 0.675. The first kappa shape index (κ1) is 17.1. The second kappa shape index (κ2) is 9.10. The Morgan fingerprint density at radius 3 is 2.62 bits per heavy atom. The van der Waals surface area contributed by atoms with Crippen LogP contribution in [-0.4, -0.2) is 50.6 Å². The van der Waals surface area contributed by atoms with Crippen molar-refractivity contribution in [3.63, 3.8) is 0 Å². The van der Waals surface area contributed by atoms with Crippen molar-refractivity contribution >= 4 is 11.8 Å². The zero-order valence-electron chi connectivity index (χ0n) is 12.5. The Hall–Kier alpha value is -1.92. The van der Waals surface area contributed by atoms with E-state index < -0.39 is 0 Å². The monoisotopic (exact) mass is 293 g/mol. The fourth-order valence-corrected chi connectivity index (χ4v) is 1.81. The number of nitrogens with zero attached hydrogens (tertiary/aromatic N) is 1. The topological polar surface area (TPSA) is 84.7 Å². The van der Waals surface area contributed by atoms with Crippen molar-refractivity contribution in [2.45, 2.75) is 12.5 Å². The average molecular weight is 293 g/mol. The highest BCUT2D eigenvalue weighted by Gasteiger charge is 2.17. The van der Waals surface area contributed by atoms with Gasteiger partial charge in [-0.3, -0.25) is 9.59 Å². The number of benzene rings is 1. The van der Waals surface area contributed by atoms with Crippen LogP contribution in [0.4, 0.5) is 0 Å². The molecule has 0 saturated carbocycles. The summed E-state index contributed by atoms with van der Waals surface area (Å²) in [6.45, 7) is 0.896. The number of methoxy groups -OCH3 is 1. The molecule has 116 valence electrons. The van der Waals surface area contributed by atoms with Crippen molar-refractivity contribution in [2.75, 3.05) is 33.9 Å².